The molecule has 0 heterocycles. The second kappa shape index (κ2) is 9.88. The fourth-order valence-corrected chi connectivity index (χ4v) is 2.81. The number of aliphatic imine (C=N–C) groups is 1. The zero-order chi connectivity index (χ0) is 19.8. The molecule has 0 aromatic heterocycles. The van der Waals surface area contributed by atoms with Crippen molar-refractivity contribution in [3.63, 3.8) is 0 Å². The number of nitrogens with one attached hydrogen (secondary N) is 2. The van der Waals surface area contributed by atoms with Crippen LogP contribution >= 0.6 is 0 Å². The summed E-state index contributed by atoms with van der Waals surface area (Å²) in [4.78, 5) is 4.61. The van der Waals surface area contributed by atoms with Crippen molar-refractivity contribution in [2.75, 3.05) is 20.3 Å². The zero-order valence-electron chi connectivity index (χ0n) is 16.6. The summed E-state index contributed by atoms with van der Waals surface area (Å²) < 4.78 is 11.1. The van der Waals surface area contributed by atoms with E-state index in [-0.39, 0.29) is 5.75 Å². The summed E-state index contributed by atoms with van der Waals surface area (Å²) in [5.41, 5.74) is 2.01. The number of methoxy groups -OCH3 is 1. The normalized spacial score (nSPS) is 13.9. The van der Waals surface area contributed by atoms with Gasteiger partial charge in [0, 0.05) is 18.7 Å². The van der Waals surface area contributed by atoms with Crippen molar-refractivity contribution in [1.82, 2.24) is 10.6 Å². The van der Waals surface area contributed by atoms with Crippen LogP contribution in [0, 0.1) is 5.92 Å². The summed E-state index contributed by atoms with van der Waals surface area (Å²) in [5, 5.41) is 16.5. The van der Waals surface area contributed by atoms with Crippen LogP contribution in [0.25, 0.3) is 0 Å². The van der Waals surface area contributed by atoms with Gasteiger partial charge >= 0.3 is 0 Å². The summed E-state index contributed by atoms with van der Waals surface area (Å²) in [5.74, 6) is 2.95. The number of benzene rings is 2. The Bertz CT molecular complexity index is 803. The van der Waals surface area contributed by atoms with E-state index in [1.54, 1.807) is 12.1 Å². The first-order valence-electron chi connectivity index (χ1n) is 9.78. The number of phenolic OH excluding ortho intramolecular Hbond substituents is 1. The van der Waals surface area contributed by atoms with Crippen LogP contribution in [0.5, 0.6) is 17.2 Å². The summed E-state index contributed by atoms with van der Waals surface area (Å²) in [6, 6.07) is 13.4. The molecule has 0 saturated heterocycles. The van der Waals surface area contributed by atoms with Crippen LogP contribution in [0.4, 0.5) is 0 Å². The van der Waals surface area contributed by atoms with E-state index >= 15 is 0 Å². The molecule has 0 bridgehead atoms. The minimum absolute atomic E-state index is 0.120. The molecule has 1 saturated carbocycles. The molecule has 2 aromatic carbocycles. The maximum atomic E-state index is 9.92. The first kappa shape index (κ1) is 19.9. The number of hydrogen-bond acceptors (Lipinski definition) is 4. The molecule has 0 spiro atoms. The highest BCUT2D eigenvalue weighted by Gasteiger charge is 2.22. The fourth-order valence-electron chi connectivity index (χ4n) is 2.81. The highest BCUT2D eigenvalue weighted by Crippen LogP contribution is 2.30. The molecular formula is C22H29N3O3. The molecule has 0 amide bonds. The number of phenols is 1. The average molecular weight is 383 g/mol. The van der Waals surface area contributed by atoms with Crippen LogP contribution in [-0.2, 0) is 13.1 Å². The molecule has 3 N–H and O–H groups in total. The fraction of sp³-hybridized carbons (Fsp3) is 0.409. The van der Waals surface area contributed by atoms with Gasteiger partial charge < -0.3 is 25.2 Å². The monoisotopic (exact) mass is 383 g/mol. The smallest absolute Gasteiger partial charge is 0.191 e. The Morgan fingerprint density at radius 2 is 1.96 bits per heavy atom. The van der Waals surface area contributed by atoms with Gasteiger partial charge in [0.2, 0.25) is 0 Å². The Labute approximate surface area is 166 Å². The second-order valence-corrected chi connectivity index (χ2v) is 6.92. The summed E-state index contributed by atoms with van der Waals surface area (Å²) in [6.07, 6.45) is 2.55. The minimum atomic E-state index is 0.120. The summed E-state index contributed by atoms with van der Waals surface area (Å²) in [6.45, 7) is 4.67. The van der Waals surface area contributed by atoms with Gasteiger partial charge in [-0.3, -0.25) is 0 Å². The summed E-state index contributed by atoms with van der Waals surface area (Å²) >= 11 is 0. The van der Waals surface area contributed by atoms with Crippen molar-refractivity contribution in [2.45, 2.75) is 32.9 Å². The third-order valence-electron chi connectivity index (χ3n) is 4.60. The Hall–Kier alpha value is -2.89. The van der Waals surface area contributed by atoms with Gasteiger partial charge in [0.05, 0.1) is 20.3 Å². The van der Waals surface area contributed by atoms with Gasteiger partial charge in [0.15, 0.2) is 17.5 Å². The number of guanidine groups is 1. The lowest BCUT2D eigenvalue weighted by Crippen LogP contribution is -2.36. The topological polar surface area (TPSA) is 75.1 Å². The maximum absolute atomic E-state index is 9.92. The van der Waals surface area contributed by atoms with E-state index in [0.29, 0.717) is 18.8 Å². The van der Waals surface area contributed by atoms with E-state index < -0.39 is 0 Å². The molecular weight excluding hydrogens is 354 g/mol. The van der Waals surface area contributed by atoms with E-state index in [0.717, 1.165) is 41.9 Å². The molecule has 1 aliphatic carbocycles. The average Bonchev–Trinajstić information content (AvgIpc) is 3.54. The number of ether oxygens (including phenoxy) is 2. The third kappa shape index (κ3) is 5.81. The number of nitrogens with zero attached hydrogens (tertiary/aromatic N) is 1. The number of hydrogen-bond donors (Lipinski definition) is 3. The van der Waals surface area contributed by atoms with Crippen LogP contribution in [0.3, 0.4) is 0 Å². The Morgan fingerprint density at radius 1 is 1.14 bits per heavy atom. The van der Waals surface area contributed by atoms with Crippen LogP contribution in [0.15, 0.2) is 47.5 Å². The van der Waals surface area contributed by atoms with Gasteiger partial charge in [-0.15, -0.1) is 0 Å². The van der Waals surface area contributed by atoms with Crippen LogP contribution in [-0.4, -0.2) is 31.3 Å². The van der Waals surface area contributed by atoms with E-state index in [1.807, 2.05) is 31.2 Å². The molecule has 2 aromatic rings. The van der Waals surface area contributed by atoms with E-state index in [2.05, 4.69) is 21.7 Å². The lowest BCUT2D eigenvalue weighted by atomic mass is 10.2. The zero-order valence-corrected chi connectivity index (χ0v) is 16.6. The first-order chi connectivity index (χ1) is 13.7. The molecule has 0 atom stereocenters. The number of rotatable bonds is 9. The van der Waals surface area contributed by atoms with E-state index in [4.69, 9.17) is 9.47 Å². The molecule has 6 nitrogen and oxygen atoms in total. The second-order valence-electron chi connectivity index (χ2n) is 6.92. The number of aromatic hydroxyl groups is 1. The molecule has 1 aliphatic rings. The lowest BCUT2D eigenvalue weighted by Gasteiger charge is -2.14. The number of para-hydroxylation sites is 1. The first-order valence-corrected chi connectivity index (χ1v) is 9.78. The van der Waals surface area contributed by atoms with Crippen molar-refractivity contribution in [3.05, 3.63) is 53.6 Å². The molecule has 150 valence electrons. The molecule has 0 radical (unpaired) electrons. The minimum Gasteiger partial charge on any atom is -0.504 e. The van der Waals surface area contributed by atoms with Crippen molar-refractivity contribution in [3.8, 4) is 17.2 Å². The Morgan fingerprint density at radius 3 is 2.68 bits per heavy atom. The molecule has 6 heteroatoms. The quantitative estimate of drug-likeness (QED) is 0.457. The van der Waals surface area contributed by atoms with Crippen LogP contribution in [0.1, 0.15) is 30.9 Å². The van der Waals surface area contributed by atoms with Gasteiger partial charge in [-0.25, -0.2) is 4.99 Å². The van der Waals surface area contributed by atoms with Gasteiger partial charge in [-0.1, -0.05) is 24.3 Å². The van der Waals surface area contributed by atoms with E-state index in [9.17, 15) is 5.11 Å². The largest absolute Gasteiger partial charge is 0.504 e. The van der Waals surface area contributed by atoms with E-state index in [1.165, 1.54) is 20.0 Å². The van der Waals surface area contributed by atoms with Crippen molar-refractivity contribution in [2.24, 2.45) is 10.9 Å². The van der Waals surface area contributed by atoms with Crippen molar-refractivity contribution in [1.29, 1.82) is 0 Å². The third-order valence-corrected chi connectivity index (χ3v) is 4.60. The predicted octanol–water partition coefficient (Wildman–Crippen LogP) is 3.44. The molecule has 0 aliphatic heterocycles. The standard InChI is InChI=1S/C22H29N3O3/c1-3-23-22(24-13-17-10-11-21(27-2)19(26)12-17)25-14-18-6-4-5-7-20(18)28-15-16-8-9-16/h4-7,10-12,16,26H,3,8-9,13-15H2,1-2H3,(H2,23,24,25). The van der Waals surface area contributed by atoms with Gasteiger partial charge in [-0.2, -0.15) is 0 Å². The lowest BCUT2D eigenvalue weighted by molar-refractivity contribution is 0.296. The molecule has 0 unspecified atom stereocenters. The van der Waals surface area contributed by atoms with Crippen LogP contribution < -0.4 is 20.1 Å². The highest BCUT2D eigenvalue weighted by atomic mass is 16.5. The highest BCUT2D eigenvalue weighted by molar-refractivity contribution is 5.79. The van der Waals surface area contributed by atoms with Crippen molar-refractivity contribution < 1.29 is 14.6 Å². The van der Waals surface area contributed by atoms with Gasteiger partial charge in [0.25, 0.3) is 0 Å². The summed E-state index contributed by atoms with van der Waals surface area (Å²) in [7, 11) is 1.53. The van der Waals surface area contributed by atoms with Gasteiger partial charge in [-0.05, 0) is 49.4 Å². The SMILES string of the molecule is CCNC(=NCc1ccc(OC)c(O)c1)NCc1ccccc1OCC1CC1. The molecule has 1 fully saturated rings. The van der Waals surface area contributed by atoms with Gasteiger partial charge in [0.1, 0.15) is 5.75 Å². The Balaban J connectivity index is 1.61. The molecule has 28 heavy (non-hydrogen) atoms. The predicted molar refractivity (Wildman–Crippen MR) is 111 cm³/mol. The maximum Gasteiger partial charge on any atom is 0.191 e. The van der Waals surface area contributed by atoms with Crippen LogP contribution in [0.2, 0.25) is 0 Å². The molecule has 3 rings (SSSR count). The Kier molecular flexibility index (Phi) is 7.00. The van der Waals surface area contributed by atoms with Crippen molar-refractivity contribution >= 4 is 5.96 Å².